The van der Waals surface area contributed by atoms with Crippen molar-refractivity contribution in [1.29, 1.82) is 0 Å². The molecule has 0 radical (unpaired) electrons. The quantitative estimate of drug-likeness (QED) is 0.726. The Kier molecular flexibility index (Phi) is 5.59. The number of pyridine rings is 1. The molecule has 2 fully saturated rings. The second kappa shape index (κ2) is 8.47. The molecule has 5 rings (SSSR count). The van der Waals surface area contributed by atoms with E-state index in [0.717, 1.165) is 24.8 Å². The molecule has 1 saturated heterocycles. The molecule has 3 aliphatic rings. The molecule has 1 aromatic heterocycles. The summed E-state index contributed by atoms with van der Waals surface area (Å²) >= 11 is 0. The number of aryl methyl sites for hydroxylation is 1. The van der Waals surface area contributed by atoms with Gasteiger partial charge in [0.25, 0.3) is 0 Å². The summed E-state index contributed by atoms with van der Waals surface area (Å²) in [5.41, 5.74) is 7.21. The molecule has 0 N–H and O–H groups in total. The van der Waals surface area contributed by atoms with Gasteiger partial charge < -0.3 is 4.90 Å². The summed E-state index contributed by atoms with van der Waals surface area (Å²) in [6.45, 7) is 6.89. The summed E-state index contributed by atoms with van der Waals surface area (Å²) in [5.74, 6) is 0.703. The molecule has 29 heavy (non-hydrogen) atoms. The third-order valence-electron chi connectivity index (χ3n) is 7.62. The molecule has 2 aromatic rings. The van der Waals surface area contributed by atoms with Crippen LogP contribution >= 0.6 is 0 Å². The van der Waals surface area contributed by atoms with Crippen molar-refractivity contribution in [3.63, 3.8) is 0 Å². The second-order valence-electron chi connectivity index (χ2n) is 9.42. The van der Waals surface area contributed by atoms with Crippen molar-refractivity contribution in [2.24, 2.45) is 0 Å². The van der Waals surface area contributed by atoms with E-state index in [9.17, 15) is 0 Å². The van der Waals surface area contributed by atoms with E-state index in [0.29, 0.717) is 5.92 Å². The highest BCUT2D eigenvalue weighted by Crippen LogP contribution is 2.33. The van der Waals surface area contributed by atoms with Gasteiger partial charge in [-0.2, -0.15) is 0 Å². The van der Waals surface area contributed by atoms with Gasteiger partial charge in [-0.05, 0) is 86.6 Å². The fourth-order valence-corrected chi connectivity index (χ4v) is 5.47. The van der Waals surface area contributed by atoms with Crippen molar-refractivity contribution in [1.82, 2.24) is 9.88 Å². The largest absolute Gasteiger partial charge is 0.370 e. The van der Waals surface area contributed by atoms with Gasteiger partial charge in [-0.1, -0.05) is 24.6 Å². The Labute approximate surface area is 176 Å². The molecule has 2 aliphatic heterocycles. The van der Waals surface area contributed by atoms with Gasteiger partial charge in [0.2, 0.25) is 0 Å². The van der Waals surface area contributed by atoms with Crippen molar-refractivity contribution >= 4 is 5.69 Å². The molecule has 3 nitrogen and oxygen atoms in total. The molecular weight excluding hydrogens is 354 g/mol. The number of fused-ring (bicyclic) bond motifs is 1. The average Bonchev–Trinajstić information content (AvgIpc) is 3.06. The van der Waals surface area contributed by atoms with Crippen LogP contribution in [0.4, 0.5) is 5.69 Å². The molecule has 0 bridgehead atoms. The number of hydrogen-bond donors (Lipinski definition) is 0. The number of rotatable bonds is 3. The van der Waals surface area contributed by atoms with Crippen LogP contribution in [0, 0.1) is 6.92 Å². The summed E-state index contributed by atoms with van der Waals surface area (Å²) < 4.78 is 0. The lowest BCUT2D eigenvalue weighted by Gasteiger charge is -2.36. The lowest BCUT2D eigenvalue weighted by Crippen LogP contribution is -2.41. The number of hydrogen-bond acceptors (Lipinski definition) is 3. The van der Waals surface area contributed by atoms with Crippen LogP contribution in [0.1, 0.15) is 66.8 Å². The standard InChI is InChI=1S/C26H35N3/c1-20-7-10-26(19-27-20)28-14-3-4-21(11-15-28)23-9-8-22-12-16-29(25-5-2-6-25)17-13-24(22)18-23/h7-10,18-19,21,25H,2-6,11-17H2,1H3. The molecule has 1 unspecified atom stereocenters. The first-order valence-corrected chi connectivity index (χ1v) is 11.8. The van der Waals surface area contributed by atoms with Gasteiger partial charge >= 0.3 is 0 Å². The molecule has 1 aliphatic carbocycles. The summed E-state index contributed by atoms with van der Waals surface area (Å²) in [4.78, 5) is 9.80. The molecule has 0 amide bonds. The Bertz CT molecular complexity index is 824. The number of nitrogens with zero attached hydrogens (tertiary/aromatic N) is 3. The van der Waals surface area contributed by atoms with E-state index in [2.05, 4.69) is 52.0 Å². The highest BCUT2D eigenvalue weighted by molar-refractivity contribution is 5.45. The van der Waals surface area contributed by atoms with Crippen LogP contribution in [0.2, 0.25) is 0 Å². The molecule has 1 aromatic carbocycles. The van der Waals surface area contributed by atoms with E-state index in [1.807, 2.05) is 6.20 Å². The SMILES string of the molecule is Cc1ccc(N2CCCC(c3ccc4c(c3)CCN(C3CCC3)CC4)CC2)cn1. The highest BCUT2D eigenvalue weighted by atomic mass is 15.2. The van der Waals surface area contributed by atoms with Crippen LogP contribution < -0.4 is 4.90 Å². The van der Waals surface area contributed by atoms with Crippen LogP contribution in [0.3, 0.4) is 0 Å². The Balaban J connectivity index is 1.26. The number of anilines is 1. The maximum atomic E-state index is 4.50. The smallest absolute Gasteiger partial charge is 0.0552 e. The lowest BCUT2D eigenvalue weighted by atomic mass is 9.89. The zero-order valence-corrected chi connectivity index (χ0v) is 17.9. The van der Waals surface area contributed by atoms with Gasteiger partial charge in [-0.25, -0.2) is 0 Å². The monoisotopic (exact) mass is 389 g/mol. The summed E-state index contributed by atoms with van der Waals surface area (Å²) in [7, 11) is 0. The number of aromatic nitrogens is 1. The third-order valence-corrected chi connectivity index (χ3v) is 7.62. The Morgan fingerprint density at radius 2 is 1.69 bits per heavy atom. The fraction of sp³-hybridized carbons (Fsp3) is 0.577. The minimum Gasteiger partial charge on any atom is -0.370 e. The highest BCUT2D eigenvalue weighted by Gasteiger charge is 2.27. The topological polar surface area (TPSA) is 19.4 Å². The minimum absolute atomic E-state index is 0.703. The molecule has 3 heteroatoms. The Hall–Kier alpha value is -1.87. The first-order valence-electron chi connectivity index (χ1n) is 11.8. The lowest BCUT2D eigenvalue weighted by molar-refractivity contribution is 0.133. The fourth-order valence-electron chi connectivity index (χ4n) is 5.47. The predicted octanol–water partition coefficient (Wildman–Crippen LogP) is 5.12. The van der Waals surface area contributed by atoms with Crippen molar-refractivity contribution < 1.29 is 0 Å². The van der Waals surface area contributed by atoms with Gasteiger partial charge in [-0.15, -0.1) is 0 Å². The van der Waals surface area contributed by atoms with E-state index < -0.39 is 0 Å². The predicted molar refractivity (Wildman–Crippen MR) is 121 cm³/mol. The van der Waals surface area contributed by atoms with Crippen LogP contribution in [0.5, 0.6) is 0 Å². The minimum atomic E-state index is 0.703. The first-order chi connectivity index (χ1) is 14.3. The van der Waals surface area contributed by atoms with Crippen molar-refractivity contribution in [2.75, 3.05) is 31.1 Å². The van der Waals surface area contributed by atoms with Gasteiger partial charge in [0.05, 0.1) is 11.9 Å². The van der Waals surface area contributed by atoms with Crippen LogP contribution in [-0.4, -0.2) is 42.1 Å². The van der Waals surface area contributed by atoms with Gasteiger partial charge in [0.1, 0.15) is 0 Å². The maximum absolute atomic E-state index is 4.50. The van der Waals surface area contributed by atoms with Gasteiger partial charge in [0.15, 0.2) is 0 Å². The van der Waals surface area contributed by atoms with E-state index in [1.54, 1.807) is 16.7 Å². The first kappa shape index (κ1) is 19.1. The normalized spacial score (nSPS) is 23.8. The van der Waals surface area contributed by atoms with E-state index >= 15 is 0 Å². The second-order valence-corrected chi connectivity index (χ2v) is 9.42. The average molecular weight is 390 g/mol. The Morgan fingerprint density at radius 3 is 2.45 bits per heavy atom. The van der Waals surface area contributed by atoms with E-state index in [-0.39, 0.29) is 0 Å². The molecule has 1 saturated carbocycles. The molecule has 1 atom stereocenters. The van der Waals surface area contributed by atoms with Crippen LogP contribution in [-0.2, 0) is 12.8 Å². The van der Waals surface area contributed by atoms with E-state index in [1.165, 1.54) is 70.1 Å². The molecule has 154 valence electrons. The summed E-state index contributed by atoms with van der Waals surface area (Å²) in [5, 5.41) is 0. The van der Waals surface area contributed by atoms with Crippen LogP contribution in [0.25, 0.3) is 0 Å². The van der Waals surface area contributed by atoms with Gasteiger partial charge in [0, 0.05) is 37.9 Å². The molecule has 3 heterocycles. The van der Waals surface area contributed by atoms with Crippen molar-refractivity contribution in [3.8, 4) is 0 Å². The van der Waals surface area contributed by atoms with Gasteiger partial charge in [-0.3, -0.25) is 9.88 Å². The summed E-state index contributed by atoms with van der Waals surface area (Å²) in [6, 6.07) is 12.7. The van der Waals surface area contributed by atoms with Crippen LogP contribution in [0.15, 0.2) is 36.5 Å². The maximum Gasteiger partial charge on any atom is 0.0552 e. The molecular formula is C26H35N3. The molecule has 0 spiro atoms. The third kappa shape index (κ3) is 4.21. The number of benzene rings is 1. The summed E-state index contributed by atoms with van der Waals surface area (Å²) in [6.07, 6.45) is 12.7. The van der Waals surface area contributed by atoms with Crippen molar-refractivity contribution in [2.45, 2.75) is 70.3 Å². The van der Waals surface area contributed by atoms with Crippen molar-refractivity contribution in [3.05, 3.63) is 58.9 Å². The Morgan fingerprint density at radius 1 is 0.828 bits per heavy atom. The zero-order chi connectivity index (χ0) is 19.6. The van der Waals surface area contributed by atoms with E-state index in [4.69, 9.17) is 0 Å². The zero-order valence-electron chi connectivity index (χ0n) is 17.9.